The Morgan fingerprint density at radius 3 is 2.62 bits per heavy atom. The van der Waals surface area contributed by atoms with E-state index in [4.69, 9.17) is 16.3 Å². The van der Waals surface area contributed by atoms with Crippen LogP contribution in [0.5, 0.6) is 11.5 Å². The maximum absolute atomic E-state index is 9.70. The van der Waals surface area contributed by atoms with Crippen molar-refractivity contribution >= 4 is 11.6 Å². The van der Waals surface area contributed by atoms with Gasteiger partial charge in [-0.05, 0) is 24.6 Å². The summed E-state index contributed by atoms with van der Waals surface area (Å²) in [5.41, 5.74) is 0.453. The number of ether oxygens (including phenoxy) is 1. The minimum Gasteiger partial charge on any atom is -0.504 e. The molecule has 0 aromatic heterocycles. The lowest BCUT2D eigenvalue weighted by molar-refractivity contribution is 0.0325. The van der Waals surface area contributed by atoms with Crippen molar-refractivity contribution in [2.75, 3.05) is 12.5 Å². The molecule has 0 heterocycles. The molecule has 2 atom stereocenters. The summed E-state index contributed by atoms with van der Waals surface area (Å²) in [6.07, 6.45) is -2.13. The van der Waals surface area contributed by atoms with Crippen LogP contribution in [0.2, 0.25) is 0 Å². The molecule has 0 amide bonds. The molecule has 0 bridgehead atoms. The fourth-order valence-corrected chi connectivity index (χ4v) is 1.46. The molecule has 0 fully saturated rings. The number of hydrogen-bond acceptors (Lipinski definition) is 4. The molecule has 0 spiro atoms. The SMILES string of the molecule is CCOc1cc(C(O)C(O)CCl)ccc1O. The normalized spacial score (nSPS) is 14.5. The first-order valence-corrected chi connectivity index (χ1v) is 5.51. The van der Waals surface area contributed by atoms with Crippen LogP contribution >= 0.6 is 11.6 Å². The van der Waals surface area contributed by atoms with Gasteiger partial charge in [-0.1, -0.05) is 6.07 Å². The second-order valence-electron chi connectivity index (χ2n) is 3.33. The minimum atomic E-state index is -1.09. The topological polar surface area (TPSA) is 69.9 Å². The third kappa shape index (κ3) is 3.01. The van der Waals surface area contributed by atoms with Crippen LogP contribution in [-0.4, -0.2) is 33.9 Å². The molecule has 0 aliphatic carbocycles. The molecular weight excluding hydrogens is 232 g/mol. The summed E-state index contributed by atoms with van der Waals surface area (Å²) in [5, 5.41) is 28.5. The number of phenols is 1. The summed E-state index contributed by atoms with van der Waals surface area (Å²) in [6, 6.07) is 4.40. The number of benzene rings is 1. The monoisotopic (exact) mass is 246 g/mol. The number of phenolic OH excluding ortho intramolecular Hbond substituents is 1. The van der Waals surface area contributed by atoms with Gasteiger partial charge < -0.3 is 20.1 Å². The summed E-state index contributed by atoms with van der Waals surface area (Å²) in [7, 11) is 0. The van der Waals surface area contributed by atoms with Crippen LogP contribution in [-0.2, 0) is 0 Å². The molecule has 2 unspecified atom stereocenters. The highest BCUT2D eigenvalue weighted by atomic mass is 35.5. The second kappa shape index (κ2) is 5.94. The molecule has 0 aliphatic heterocycles. The highest BCUT2D eigenvalue weighted by Crippen LogP contribution is 2.30. The van der Waals surface area contributed by atoms with Crippen LogP contribution in [0.25, 0.3) is 0 Å². The minimum absolute atomic E-state index is 0.00170. The van der Waals surface area contributed by atoms with E-state index in [1.807, 2.05) is 0 Å². The van der Waals surface area contributed by atoms with E-state index >= 15 is 0 Å². The van der Waals surface area contributed by atoms with E-state index in [9.17, 15) is 15.3 Å². The van der Waals surface area contributed by atoms with Crippen LogP contribution < -0.4 is 4.74 Å². The summed E-state index contributed by atoms with van der Waals surface area (Å²) in [4.78, 5) is 0. The molecule has 1 aromatic rings. The number of aliphatic hydroxyl groups is 2. The van der Waals surface area contributed by atoms with E-state index in [0.29, 0.717) is 12.2 Å². The van der Waals surface area contributed by atoms with Gasteiger partial charge in [0, 0.05) is 0 Å². The van der Waals surface area contributed by atoms with Gasteiger partial charge in [0.1, 0.15) is 6.10 Å². The lowest BCUT2D eigenvalue weighted by Crippen LogP contribution is -2.19. The van der Waals surface area contributed by atoms with Gasteiger partial charge in [0.25, 0.3) is 0 Å². The number of rotatable bonds is 5. The van der Waals surface area contributed by atoms with Crippen molar-refractivity contribution in [1.82, 2.24) is 0 Å². The predicted molar refractivity (Wildman–Crippen MR) is 61.0 cm³/mol. The van der Waals surface area contributed by atoms with Crippen molar-refractivity contribution in [2.45, 2.75) is 19.1 Å². The van der Waals surface area contributed by atoms with Crippen LogP contribution in [0.3, 0.4) is 0 Å². The highest BCUT2D eigenvalue weighted by molar-refractivity contribution is 6.18. The number of aliphatic hydroxyl groups excluding tert-OH is 2. The summed E-state index contributed by atoms with van der Waals surface area (Å²) >= 11 is 5.44. The zero-order chi connectivity index (χ0) is 12.1. The van der Waals surface area contributed by atoms with Crippen molar-refractivity contribution in [3.63, 3.8) is 0 Å². The molecule has 3 N–H and O–H groups in total. The fraction of sp³-hybridized carbons (Fsp3) is 0.455. The molecule has 4 nitrogen and oxygen atoms in total. The average molecular weight is 247 g/mol. The van der Waals surface area contributed by atoms with Gasteiger partial charge in [-0.15, -0.1) is 11.6 Å². The quantitative estimate of drug-likeness (QED) is 0.688. The molecule has 0 radical (unpaired) electrons. The first-order chi connectivity index (χ1) is 7.60. The molecule has 0 saturated heterocycles. The fourth-order valence-electron chi connectivity index (χ4n) is 1.29. The van der Waals surface area contributed by atoms with E-state index in [0.717, 1.165) is 0 Å². The molecule has 1 rings (SSSR count). The molecule has 1 aromatic carbocycles. The van der Waals surface area contributed by atoms with Gasteiger partial charge in [-0.2, -0.15) is 0 Å². The highest BCUT2D eigenvalue weighted by Gasteiger charge is 2.18. The van der Waals surface area contributed by atoms with Crippen LogP contribution in [0.15, 0.2) is 18.2 Å². The number of alkyl halides is 1. The zero-order valence-corrected chi connectivity index (χ0v) is 9.68. The molecule has 5 heteroatoms. The molecular formula is C11H15ClO4. The zero-order valence-electron chi connectivity index (χ0n) is 8.93. The van der Waals surface area contributed by atoms with Crippen molar-refractivity contribution in [3.8, 4) is 11.5 Å². The third-order valence-corrected chi connectivity index (χ3v) is 2.46. The largest absolute Gasteiger partial charge is 0.504 e. The Hall–Kier alpha value is -0.970. The van der Waals surface area contributed by atoms with Crippen LogP contribution in [0, 0.1) is 0 Å². The van der Waals surface area contributed by atoms with Crippen LogP contribution in [0.4, 0.5) is 0 Å². The second-order valence-corrected chi connectivity index (χ2v) is 3.64. The number of halogens is 1. The van der Waals surface area contributed by atoms with Gasteiger partial charge in [0.2, 0.25) is 0 Å². The Morgan fingerprint density at radius 1 is 1.38 bits per heavy atom. The Balaban J connectivity index is 2.93. The Bertz CT molecular complexity index is 343. The summed E-state index contributed by atoms with van der Waals surface area (Å²) < 4.78 is 5.17. The number of hydrogen-bond donors (Lipinski definition) is 3. The van der Waals surface area contributed by atoms with Crippen molar-refractivity contribution < 1.29 is 20.1 Å². The van der Waals surface area contributed by atoms with Gasteiger partial charge in [-0.25, -0.2) is 0 Å². The van der Waals surface area contributed by atoms with E-state index < -0.39 is 12.2 Å². The summed E-state index contributed by atoms with van der Waals surface area (Å²) in [5.74, 6) is 0.213. The van der Waals surface area contributed by atoms with E-state index in [-0.39, 0.29) is 17.4 Å². The van der Waals surface area contributed by atoms with Gasteiger partial charge in [0.15, 0.2) is 11.5 Å². The predicted octanol–water partition coefficient (Wildman–Crippen LogP) is 1.42. The average Bonchev–Trinajstić information content (AvgIpc) is 2.30. The molecule has 16 heavy (non-hydrogen) atoms. The van der Waals surface area contributed by atoms with Crippen molar-refractivity contribution in [2.24, 2.45) is 0 Å². The van der Waals surface area contributed by atoms with Gasteiger partial charge >= 0.3 is 0 Å². The lowest BCUT2D eigenvalue weighted by atomic mass is 10.0. The van der Waals surface area contributed by atoms with Crippen molar-refractivity contribution in [1.29, 1.82) is 0 Å². The maximum Gasteiger partial charge on any atom is 0.161 e. The lowest BCUT2D eigenvalue weighted by Gasteiger charge is -2.17. The molecule has 0 aliphatic rings. The van der Waals surface area contributed by atoms with Gasteiger partial charge in [0.05, 0.1) is 18.6 Å². The maximum atomic E-state index is 9.70. The van der Waals surface area contributed by atoms with Crippen LogP contribution in [0.1, 0.15) is 18.6 Å². The van der Waals surface area contributed by atoms with Crippen molar-refractivity contribution in [3.05, 3.63) is 23.8 Å². The molecule has 90 valence electrons. The Kier molecular flexibility index (Phi) is 4.86. The van der Waals surface area contributed by atoms with E-state index in [1.54, 1.807) is 6.92 Å². The summed E-state index contributed by atoms with van der Waals surface area (Å²) in [6.45, 7) is 2.20. The van der Waals surface area contributed by atoms with Gasteiger partial charge in [-0.3, -0.25) is 0 Å². The Labute approximate surface area is 99.1 Å². The Morgan fingerprint density at radius 2 is 2.06 bits per heavy atom. The molecule has 0 saturated carbocycles. The first-order valence-electron chi connectivity index (χ1n) is 4.98. The van der Waals surface area contributed by atoms with E-state index in [2.05, 4.69) is 0 Å². The van der Waals surface area contributed by atoms with E-state index in [1.165, 1.54) is 18.2 Å². The third-order valence-electron chi connectivity index (χ3n) is 2.15. The standard InChI is InChI=1S/C11H15ClO4/c1-2-16-10-5-7(3-4-8(10)13)11(15)9(14)6-12/h3-5,9,11,13-15H,2,6H2,1H3. The first kappa shape index (κ1) is 13.1. The smallest absolute Gasteiger partial charge is 0.161 e. The number of aromatic hydroxyl groups is 1.